The second-order valence-electron chi connectivity index (χ2n) is 8.92. The number of ether oxygens (including phenoxy) is 1. The van der Waals surface area contributed by atoms with E-state index < -0.39 is 16.1 Å². The Labute approximate surface area is 231 Å². The number of aromatic nitrogens is 1. The van der Waals surface area contributed by atoms with Gasteiger partial charge in [0, 0.05) is 28.5 Å². The van der Waals surface area contributed by atoms with Crippen molar-refractivity contribution in [1.82, 2.24) is 10.3 Å². The Kier molecular flexibility index (Phi) is 7.04. The Balaban J connectivity index is 1.61. The highest BCUT2D eigenvalue weighted by molar-refractivity contribution is 7.92. The largest absolute Gasteiger partial charge is 0.494 e. The molecule has 0 amide bonds. The number of anilines is 2. The minimum absolute atomic E-state index is 0.317. The van der Waals surface area contributed by atoms with Gasteiger partial charge in [0.1, 0.15) is 23.3 Å². The first-order chi connectivity index (χ1) is 18.1. The Morgan fingerprint density at radius 3 is 2.66 bits per heavy atom. The molecule has 38 heavy (non-hydrogen) atoms. The summed E-state index contributed by atoms with van der Waals surface area (Å²) in [6.07, 6.45) is 2.82. The van der Waals surface area contributed by atoms with Crippen molar-refractivity contribution in [2.24, 2.45) is 0 Å². The summed E-state index contributed by atoms with van der Waals surface area (Å²) in [5.74, 6) is 1.70. The van der Waals surface area contributed by atoms with Gasteiger partial charge >= 0.3 is 0 Å². The van der Waals surface area contributed by atoms with Gasteiger partial charge in [-0.3, -0.25) is 9.71 Å². The number of halogens is 1. The molecule has 3 heterocycles. The van der Waals surface area contributed by atoms with Gasteiger partial charge < -0.3 is 19.4 Å². The molecule has 1 aliphatic rings. The molecule has 0 aliphatic carbocycles. The third-order valence-electron chi connectivity index (χ3n) is 6.24. The van der Waals surface area contributed by atoms with Gasteiger partial charge in [-0.05, 0) is 73.2 Å². The van der Waals surface area contributed by atoms with Gasteiger partial charge in [-0.2, -0.15) is 0 Å². The standard InChI is InChI=1S/C27H25ClN4O4S2/c1-16-7-8-17(28)14-19(16)22-11-12-23(36-22)26-25(21-6-4-5-13-29-21)30-27(37)32(26)18-9-10-20(24(15-18)35-2)31-38(3,33)34/h4-15,25-26,31H,1-3H3,(H,30,37)/t25-,26-/m1/s1. The van der Waals surface area contributed by atoms with E-state index in [2.05, 4.69) is 15.0 Å². The molecular formula is C27H25ClN4O4S2. The van der Waals surface area contributed by atoms with Crippen molar-refractivity contribution in [3.8, 4) is 17.1 Å². The highest BCUT2D eigenvalue weighted by atomic mass is 35.5. The van der Waals surface area contributed by atoms with Crippen LogP contribution in [0.25, 0.3) is 11.3 Å². The van der Waals surface area contributed by atoms with Crippen LogP contribution in [0.2, 0.25) is 5.02 Å². The van der Waals surface area contributed by atoms with Gasteiger partial charge in [0.15, 0.2) is 5.11 Å². The van der Waals surface area contributed by atoms with Crippen molar-refractivity contribution in [1.29, 1.82) is 0 Å². The molecule has 2 atom stereocenters. The van der Waals surface area contributed by atoms with E-state index in [-0.39, 0.29) is 6.04 Å². The number of nitrogens with zero attached hydrogens (tertiary/aromatic N) is 2. The minimum atomic E-state index is -3.50. The van der Waals surface area contributed by atoms with Crippen LogP contribution in [0, 0.1) is 6.92 Å². The van der Waals surface area contributed by atoms with Gasteiger partial charge in [0.25, 0.3) is 0 Å². The number of thiocarbonyl (C=S) groups is 1. The fourth-order valence-corrected chi connectivity index (χ4v) is 5.64. The minimum Gasteiger partial charge on any atom is -0.494 e. The lowest BCUT2D eigenvalue weighted by molar-refractivity contribution is 0.416. The highest BCUT2D eigenvalue weighted by Crippen LogP contribution is 2.44. The SMILES string of the molecule is COc1cc(N2C(=S)N[C@H](c3ccccn3)[C@H]2c2ccc(-c3cc(Cl)ccc3C)o2)ccc1NS(C)(=O)=O. The third-order valence-corrected chi connectivity index (χ3v) is 7.38. The van der Waals surface area contributed by atoms with E-state index in [0.717, 1.165) is 23.1 Å². The molecule has 4 aromatic rings. The highest BCUT2D eigenvalue weighted by Gasteiger charge is 2.43. The van der Waals surface area contributed by atoms with Crippen LogP contribution in [-0.2, 0) is 10.0 Å². The number of benzene rings is 2. The predicted molar refractivity (Wildman–Crippen MR) is 153 cm³/mol. The summed E-state index contributed by atoms with van der Waals surface area (Å²) in [5.41, 5.74) is 3.75. The lowest BCUT2D eigenvalue weighted by Crippen LogP contribution is -2.29. The molecule has 2 N–H and O–H groups in total. The summed E-state index contributed by atoms with van der Waals surface area (Å²) in [6.45, 7) is 2.00. The molecule has 1 fully saturated rings. The second kappa shape index (κ2) is 10.3. The van der Waals surface area contributed by atoms with Gasteiger partial charge in [-0.25, -0.2) is 8.42 Å². The average Bonchev–Trinajstić information content (AvgIpc) is 3.50. The third kappa shape index (κ3) is 5.20. The smallest absolute Gasteiger partial charge is 0.229 e. The van der Waals surface area contributed by atoms with Crippen LogP contribution in [0.1, 0.15) is 29.1 Å². The molecule has 0 spiro atoms. The lowest BCUT2D eigenvalue weighted by Gasteiger charge is -2.27. The predicted octanol–water partition coefficient (Wildman–Crippen LogP) is 5.86. The van der Waals surface area contributed by atoms with E-state index in [1.807, 2.05) is 60.4 Å². The van der Waals surface area contributed by atoms with E-state index in [9.17, 15) is 8.42 Å². The zero-order valence-electron chi connectivity index (χ0n) is 20.8. The lowest BCUT2D eigenvalue weighted by atomic mass is 10.0. The van der Waals surface area contributed by atoms with Crippen molar-refractivity contribution in [3.63, 3.8) is 0 Å². The fourth-order valence-electron chi connectivity index (χ4n) is 4.55. The van der Waals surface area contributed by atoms with Crippen LogP contribution in [0.4, 0.5) is 11.4 Å². The van der Waals surface area contributed by atoms with Crippen LogP contribution in [-0.4, -0.2) is 31.9 Å². The molecule has 5 rings (SSSR count). The summed E-state index contributed by atoms with van der Waals surface area (Å²) < 4.78 is 38.1. The maximum absolute atomic E-state index is 11.8. The van der Waals surface area contributed by atoms with Crippen molar-refractivity contribution in [2.45, 2.75) is 19.0 Å². The van der Waals surface area contributed by atoms with Gasteiger partial charge in [-0.15, -0.1) is 0 Å². The summed E-state index contributed by atoms with van der Waals surface area (Å²) in [4.78, 5) is 6.49. The number of hydrogen-bond donors (Lipinski definition) is 2. The molecule has 1 saturated heterocycles. The zero-order valence-corrected chi connectivity index (χ0v) is 23.2. The number of aryl methyl sites for hydroxylation is 1. The van der Waals surface area contributed by atoms with E-state index >= 15 is 0 Å². The first-order valence-corrected chi connectivity index (χ1v) is 14.3. The Bertz CT molecular complexity index is 1610. The Morgan fingerprint density at radius 2 is 1.95 bits per heavy atom. The van der Waals surface area contributed by atoms with Gasteiger partial charge in [-0.1, -0.05) is 23.7 Å². The summed E-state index contributed by atoms with van der Waals surface area (Å²) in [5, 5.41) is 4.48. The normalized spacial score (nSPS) is 17.4. The van der Waals surface area contributed by atoms with Crippen LogP contribution >= 0.6 is 23.8 Å². The first kappa shape index (κ1) is 26.0. The molecule has 0 unspecified atom stereocenters. The van der Waals surface area contributed by atoms with Crippen LogP contribution < -0.4 is 19.7 Å². The molecule has 11 heteroatoms. The number of hydrogen-bond acceptors (Lipinski definition) is 6. The van der Waals surface area contributed by atoms with Crippen LogP contribution in [0.3, 0.4) is 0 Å². The number of furan rings is 1. The summed E-state index contributed by atoms with van der Waals surface area (Å²) in [7, 11) is -2.02. The van der Waals surface area contributed by atoms with Gasteiger partial charge in [0.05, 0.1) is 30.8 Å². The van der Waals surface area contributed by atoms with Crippen LogP contribution in [0.15, 0.2) is 77.3 Å². The first-order valence-electron chi connectivity index (χ1n) is 11.7. The molecule has 0 radical (unpaired) electrons. The molecule has 0 bridgehead atoms. The molecule has 8 nitrogen and oxygen atoms in total. The number of nitrogens with one attached hydrogen (secondary N) is 2. The average molecular weight is 569 g/mol. The maximum atomic E-state index is 11.8. The topological polar surface area (TPSA) is 96.7 Å². The van der Waals surface area contributed by atoms with E-state index in [1.54, 1.807) is 24.4 Å². The number of rotatable bonds is 7. The van der Waals surface area contributed by atoms with Crippen molar-refractivity contribution in [2.75, 3.05) is 23.0 Å². The Hall–Kier alpha value is -3.60. The molecule has 2 aromatic heterocycles. The molecular weight excluding hydrogens is 544 g/mol. The molecule has 0 saturated carbocycles. The van der Waals surface area contributed by atoms with Crippen LogP contribution in [0.5, 0.6) is 5.75 Å². The Morgan fingerprint density at radius 1 is 1.13 bits per heavy atom. The quantitative estimate of drug-likeness (QED) is 0.268. The van der Waals surface area contributed by atoms with Crippen molar-refractivity contribution >= 4 is 50.3 Å². The van der Waals surface area contributed by atoms with Crippen molar-refractivity contribution in [3.05, 3.63) is 95.0 Å². The van der Waals surface area contributed by atoms with E-state index in [4.69, 9.17) is 33.0 Å². The number of pyridine rings is 1. The summed E-state index contributed by atoms with van der Waals surface area (Å²) >= 11 is 12.1. The van der Waals surface area contributed by atoms with Crippen molar-refractivity contribution < 1.29 is 17.6 Å². The van der Waals surface area contributed by atoms with Gasteiger partial charge in [0.2, 0.25) is 10.0 Å². The second-order valence-corrected chi connectivity index (χ2v) is 11.5. The van der Waals surface area contributed by atoms with E-state index in [1.165, 1.54) is 7.11 Å². The number of methoxy groups -OCH3 is 1. The zero-order chi connectivity index (χ0) is 27.0. The monoisotopic (exact) mass is 568 g/mol. The fraction of sp³-hybridized carbons (Fsp3) is 0.185. The number of sulfonamides is 1. The molecule has 2 aromatic carbocycles. The molecule has 1 aliphatic heterocycles. The molecule has 196 valence electrons. The van der Waals surface area contributed by atoms with E-state index in [0.29, 0.717) is 38.8 Å². The summed E-state index contributed by atoms with van der Waals surface area (Å²) in [6, 6.07) is 19.7. The maximum Gasteiger partial charge on any atom is 0.229 e.